The fourth-order valence-corrected chi connectivity index (χ4v) is 3.60. The molecule has 0 bridgehead atoms. The molecule has 2 heterocycles. The quantitative estimate of drug-likeness (QED) is 0.488. The number of rotatable bonds is 5. The monoisotopic (exact) mass is 357 g/mol. The van der Waals surface area contributed by atoms with Crippen molar-refractivity contribution in [2.24, 2.45) is 0 Å². The van der Waals surface area contributed by atoms with E-state index in [9.17, 15) is 19.2 Å². The summed E-state index contributed by atoms with van der Waals surface area (Å²) in [4.78, 5) is 47.5. The number of ether oxygens (including phenoxy) is 4. The molecule has 9 nitrogen and oxygen atoms in total. The van der Waals surface area contributed by atoms with Crippen LogP contribution in [0.25, 0.3) is 0 Å². The zero-order valence-electron chi connectivity index (χ0n) is 14.7. The molecule has 0 aromatic rings. The van der Waals surface area contributed by atoms with Crippen molar-refractivity contribution in [3.63, 3.8) is 0 Å². The highest BCUT2D eigenvalue weighted by Gasteiger charge is 2.59. The third kappa shape index (κ3) is 4.47. The van der Waals surface area contributed by atoms with Crippen molar-refractivity contribution in [1.82, 2.24) is 4.90 Å². The smallest absolute Gasteiger partial charge is 0.303 e. The lowest BCUT2D eigenvalue weighted by atomic mass is 10.0. The van der Waals surface area contributed by atoms with Crippen LogP contribution in [0, 0.1) is 0 Å². The van der Waals surface area contributed by atoms with Gasteiger partial charge < -0.3 is 18.9 Å². The average molecular weight is 357 g/mol. The molecular formula is C16H23NO8. The summed E-state index contributed by atoms with van der Waals surface area (Å²) in [5, 5.41) is 0. The third-order valence-corrected chi connectivity index (χ3v) is 4.28. The zero-order chi connectivity index (χ0) is 18.7. The Kier molecular flexibility index (Phi) is 5.99. The van der Waals surface area contributed by atoms with E-state index < -0.39 is 54.3 Å². The van der Waals surface area contributed by atoms with Gasteiger partial charge in [0.1, 0.15) is 12.7 Å². The van der Waals surface area contributed by atoms with Crippen LogP contribution in [-0.2, 0) is 38.1 Å². The van der Waals surface area contributed by atoms with Crippen LogP contribution >= 0.6 is 0 Å². The molecule has 140 valence electrons. The van der Waals surface area contributed by atoms with Crippen LogP contribution in [0.15, 0.2) is 0 Å². The Bertz CT molecular complexity index is 562. The molecule has 2 rings (SSSR count). The molecule has 0 aromatic carbocycles. The molecule has 2 aliphatic heterocycles. The maximum absolute atomic E-state index is 11.5. The minimum atomic E-state index is -0.816. The van der Waals surface area contributed by atoms with Gasteiger partial charge in [-0.15, -0.1) is 0 Å². The van der Waals surface area contributed by atoms with Crippen molar-refractivity contribution >= 4 is 23.9 Å². The number of carbonyl (C=O) groups is 4. The first-order valence-corrected chi connectivity index (χ1v) is 8.11. The maximum Gasteiger partial charge on any atom is 0.303 e. The topological polar surface area (TPSA) is 108 Å². The van der Waals surface area contributed by atoms with Gasteiger partial charge >= 0.3 is 23.9 Å². The van der Waals surface area contributed by atoms with Crippen LogP contribution < -0.4 is 0 Å². The second-order valence-electron chi connectivity index (χ2n) is 6.18. The molecule has 9 heteroatoms. The van der Waals surface area contributed by atoms with Crippen molar-refractivity contribution in [1.29, 1.82) is 0 Å². The molecule has 0 spiro atoms. The normalized spacial score (nSPS) is 31.1. The number of carbonyl (C=O) groups excluding carboxylic acids is 4. The first kappa shape index (κ1) is 19.2. The summed E-state index contributed by atoms with van der Waals surface area (Å²) in [5.41, 5.74) is 0. The predicted molar refractivity (Wildman–Crippen MR) is 82.2 cm³/mol. The van der Waals surface area contributed by atoms with E-state index in [0.29, 0.717) is 13.0 Å². The van der Waals surface area contributed by atoms with Crippen molar-refractivity contribution in [2.45, 2.75) is 64.5 Å². The van der Waals surface area contributed by atoms with Gasteiger partial charge in [-0.1, -0.05) is 0 Å². The van der Waals surface area contributed by atoms with Crippen molar-refractivity contribution in [3.05, 3.63) is 0 Å². The van der Waals surface area contributed by atoms with Gasteiger partial charge in [0.05, 0.1) is 12.1 Å². The lowest BCUT2D eigenvalue weighted by Crippen LogP contribution is -2.44. The van der Waals surface area contributed by atoms with Crippen LogP contribution in [0.4, 0.5) is 0 Å². The Morgan fingerprint density at radius 2 is 1.40 bits per heavy atom. The highest BCUT2D eigenvalue weighted by atomic mass is 16.6. The lowest BCUT2D eigenvalue weighted by molar-refractivity contribution is -0.168. The number of hydrogen-bond donors (Lipinski definition) is 0. The van der Waals surface area contributed by atoms with Gasteiger partial charge in [0.15, 0.2) is 12.2 Å². The third-order valence-electron chi connectivity index (χ3n) is 4.28. The SMILES string of the molecule is CC(=O)OC[C@@H]1[C@@H](OC(C)=O)[C@@H](OC(C)=O)[C@H]2[C@H](OC(C)=O)CCN21. The summed E-state index contributed by atoms with van der Waals surface area (Å²) in [5.74, 6) is -1.99. The van der Waals surface area contributed by atoms with Gasteiger partial charge in [-0.2, -0.15) is 0 Å². The highest BCUT2D eigenvalue weighted by Crippen LogP contribution is 2.38. The van der Waals surface area contributed by atoms with Gasteiger partial charge in [0.2, 0.25) is 0 Å². The number of fused-ring (bicyclic) bond motifs is 1. The number of hydrogen-bond acceptors (Lipinski definition) is 9. The summed E-state index contributed by atoms with van der Waals surface area (Å²) in [7, 11) is 0. The highest BCUT2D eigenvalue weighted by molar-refractivity contribution is 5.68. The molecule has 0 amide bonds. The summed E-state index contributed by atoms with van der Waals surface area (Å²) in [6.07, 6.45) is -1.58. The van der Waals surface area contributed by atoms with E-state index in [-0.39, 0.29) is 6.61 Å². The van der Waals surface area contributed by atoms with Crippen LogP contribution in [0.1, 0.15) is 34.1 Å². The fourth-order valence-electron chi connectivity index (χ4n) is 3.60. The molecular weight excluding hydrogens is 334 g/mol. The van der Waals surface area contributed by atoms with Crippen LogP contribution in [0.5, 0.6) is 0 Å². The molecule has 0 saturated carbocycles. The van der Waals surface area contributed by atoms with E-state index in [1.807, 2.05) is 4.90 Å². The molecule has 0 N–H and O–H groups in total. The summed E-state index contributed by atoms with van der Waals surface area (Å²) < 4.78 is 21.2. The Morgan fingerprint density at radius 3 is 1.92 bits per heavy atom. The lowest BCUT2D eigenvalue weighted by Gasteiger charge is -2.27. The van der Waals surface area contributed by atoms with E-state index in [0.717, 1.165) is 0 Å². The molecule has 2 aliphatic rings. The van der Waals surface area contributed by atoms with E-state index >= 15 is 0 Å². The van der Waals surface area contributed by atoms with Crippen molar-refractivity contribution in [2.75, 3.05) is 13.2 Å². The van der Waals surface area contributed by atoms with Crippen LogP contribution in [0.2, 0.25) is 0 Å². The first-order chi connectivity index (χ1) is 11.7. The van der Waals surface area contributed by atoms with Gasteiger partial charge in [0, 0.05) is 34.2 Å². The van der Waals surface area contributed by atoms with E-state index in [1.165, 1.54) is 27.7 Å². The molecule has 0 aromatic heterocycles. The Labute approximate surface area is 145 Å². The van der Waals surface area contributed by atoms with Gasteiger partial charge in [-0.25, -0.2) is 0 Å². The first-order valence-electron chi connectivity index (χ1n) is 8.11. The molecule has 0 aliphatic carbocycles. The zero-order valence-corrected chi connectivity index (χ0v) is 14.7. The summed E-state index contributed by atoms with van der Waals surface area (Å²) in [6.45, 7) is 5.60. The summed E-state index contributed by atoms with van der Waals surface area (Å²) >= 11 is 0. The Balaban J connectivity index is 2.31. The summed E-state index contributed by atoms with van der Waals surface area (Å²) in [6, 6.07) is -0.944. The van der Waals surface area contributed by atoms with Crippen molar-refractivity contribution < 1.29 is 38.1 Å². The maximum atomic E-state index is 11.5. The second-order valence-corrected chi connectivity index (χ2v) is 6.18. The molecule has 5 atom stereocenters. The minimum absolute atomic E-state index is 0.0195. The number of esters is 4. The molecule has 0 radical (unpaired) electrons. The Hall–Kier alpha value is -2.16. The van der Waals surface area contributed by atoms with Gasteiger partial charge in [-0.3, -0.25) is 24.1 Å². The van der Waals surface area contributed by atoms with E-state index in [2.05, 4.69) is 0 Å². The molecule has 2 saturated heterocycles. The largest absolute Gasteiger partial charge is 0.464 e. The molecule has 0 unspecified atom stereocenters. The minimum Gasteiger partial charge on any atom is -0.464 e. The average Bonchev–Trinajstić information content (AvgIpc) is 2.96. The van der Waals surface area contributed by atoms with E-state index in [1.54, 1.807) is 0 Å². The van der Waals surface area contributed by atoms with Gasteiger partial charge in [0.25, 0.3) is 0 Å². The Morgan fingerprint density at radius 1 is 0.840 bits per heavy atom. The number of nitrogens with zero attached hydrogens (tertiary/aromatic N) is 1. The van der Waals surface area contributed by atoms with Crippen molar-refractivity contribution in [3.8, 4) is 0 Å². The molecule has 25 heavy (non-hydrogen) atoms. The van der Waals surface area contributed by atoms with Gasteiger partial charge in [-0.05, 0) is 6.42 Å². The van der Waals surface area contributed by atoms with Crippen LogP contribution in [0.3, 0.4) is 0 Å². The fraction of sp³-hybridized carbons (Fsp3) is 0.750. The molecule has 2 fully saturated rings. The van der Waals surface area contributed by atoms with E-state index in [4.69, 9.17) is 18.9 Å². The van der Waals surface area contributed by atoms with Crippen LogP contribution in [-0.4, -0.2) is 72.3 Å². The predicted octanol–water partition coefficient (Wildman–Crippen LogP) is -0.199. The second kappa shape index (κ2) is 7.81. The standard InChI is InChI=1S/C16H23NO8/c1-8(18)22-7-12-15(24-10(3)20)16(25-11(4)21)14-13(23-9(2)19)5-6-17(12)14/h12-16H,5-7H2,1-4H3/t12-,13-,14-,15-,16+/m1/s1.